The second kappa shape index (κ2) is 7.67. The molecule has 2 rings (SSSR count). The lowest BCUT2D eigenvalue weighted by Crippen LogP contribution is -2.20. The highest BCUT2D eigenvalue weighted by Gasteiger charge is 2.14. The predicted molar refractivity (Wildman–Crippen MR) is 85.6 cm³/mol. The molecule has 0 amide bonds. The van der Waals surface area contributed by atoms with Gasteiger partial charge in [-0.25, -0.2) is 9.97 Å². The fourth-order valence-electron chi connectivity index (χ4n) is 2.34. The van der Waals surface area contributed by atoms with E-state index in [1.165, 1.54) is 5.56 Å². The van der Waals surface area contributed by atoms with Crippen molar-refractivity contribution in [1.29, 1.82) is 0 Å². The van der Waals surface area contributed by atoms with Crippen LogP contribution < -0.4 is 10.2 Å². The van der Waals surface area contributed by atoms with Crippen molar-refractivity contribution in [1.82, 2.24) is 9.97 Å². The van der Waals surface area contributed by atoms with Crippen molar-refractivity contribution in [3.8, 4) is 0 Å². The molecule has 0 spiro atoms. The number of aromatic nitrogens is 2. The third kappa shape index (κ3) is 3.97. The number of hydrogen-bond donors (Lipinski definition) is 1. The van der Waals surface area contributed by atoms with Gasteiger partial charge in [0, 0.05) is 31.3 Å². The standard InChI is InChI=1S/C16H24N4O/c1-4-6-14-15(17-8-5-2)18-12-19-16(14)20(3)10-13-7-9-21-11-13/h7,9,11-12H,4-6,8,10H2,1-3H3,(H,17,18,19). The molecule has 0 atom stereocenters. The molecule has 1 N–H and O–H groups in total. The van der Waals surface area contributed by atoms with Gasteiger partial charge in [-0.3, -0.25) is 0 Å². The molecular weight excluding hydrogens is 264 g/mol. The summed E-state index contributed by atoms with van der Waals surface area (Å²) in [6.07, 6.45) is 8.23. The molecule has 0 aromatic carbocycles. The normalized spacial score (nSPS) is 10.6. The van der Waals surface area contributed by atoms with Gasteiger partial charge in [-0.15, -0.1) is 0 Å². The van der Waals surface area contributed by atoms with Gasteiger partial charge in [0.05, 0.1) is 12.5 Å². The van der Waals surface area contributed by atoms with Gasteiger partial charge in [0.1, 0.15) is 18.0 Å². The molecule has 5 nitrogen and oxygen atoms in total. The van der Waals surface area contributed by atoms with Gasteiger partial charge in [0.25, 0.3) is 0 Å². The smallest absolute Gasteiger partial charge is 0.137 e. The largest absolute Gasteiger partial charge is 0.472 e. The maximum absolute atomic E-state index is 5.13. The molecule has 0 unspecified atom stereocenters. The van der Waals surface area contributed by atoms with Crippen molar-refractivity contribution >= 4 is 11.6 Å². The molecule has 0 fully saturated rings. The van der Waals surface area contributed by atoms with E-state index in [-0.39, 0.29) is 0 Å². The Morgan fingerprint density at radius 3 is 2.76 bits per heavy atom. The van der Waals surface area contributed by atoms with Crippen LogP contribution in [0.4, 0.5) is 11.6 Å². The van der Waals surface area contributed by atoms with Crippen LogP contribution in [0, 0.1) is 0 Å². The van der Waals surface area contributed by atoms with Crippen molar-refractivity contribution in [3.63, 3.8) is 0 Å². The Balaban J connectivity index is 2.23. The van der Waals surface area contributed by atoms with Crippen molar-refractivity contribution in [2.24, 2.45) is 0 Å². The molecule has 0 saturated carbocycles. The molecule has 0 saturated heterocycles. The first-order valence-electron chi connectivity index (χ1n) is 7.56. The van der Waals surface area contributed by atoms with Gasteiger partial charge in [-0.2, -0.15) is 0 Å². The van der Waals surface area contributed by atoms with Crippen LogP contribution in [0.5, 0.6) is 0 Å². The zero-order valence-corrected chi connectivity index (χ0v) is 13.1. The van der Waals surface area contributed by atoms with E-state index in [1.807, 2.05) is 6.07 Å². The van der Waals surface area contributed by atoms with Crippen LogP contribution in [0.3, 0.4) is 0 Å². The Hall–Kier alpha value is -2.04. The predicted octanol–water partition coefficient (Wildman–Crippen LogP) is 3.48. The highest BCUT2D eigenvalue weighted by molar-refractivity contribution is 5.58. The quantitative estimate of drug-likeness (QED) is 0.806. The molecule has 0 aliphatic carbocycles. The molecule has 0 aliphatic rings. The first-order chi connectivity index (χ1) is 10.3. The third-order valence-electron chi connectivity index (χ3n) is 3.33. The maximum Gasteiger partial charge on any atom is 0.137 e. The summed E-state index contributed by atoms with van der Waals surface area (Å²) in [5.74, 6) is 1.95. The van der Waals surface area contributed by atoms with E-state index in [1.54, 1.807) is 18.9 Å². The second-order valence-corrected chi connectivity index (χ2v) is 5.19. The Labute approximate surface area is 126 Å². The minimum atomic E-state index is 0.775. The van der Waals surface area contributed by atoms with Gasteiger partial charge in [0.15, 0.2) is 0 Å². The summed E-state index contributed by atoms with van der Waals surface area (Å²) < 4.78 is 5.13. The van der Waals surface area contributed by atoms with Crippen LogP contribution in [-0.2, 0) is 13.0 Å². The number of nitrogens with zero attached hydrogens (tertiary/aromatic N) is 3. The monoisotopic (exact) mass is 288 g/mol. The van der Waals surface area contributed by atoms with Crippen molar-refractivity contribution in [3.05, 3.63) is 36.0 Å². The molecule has 0 bridgehead atoms. The molecule has 5 heteroatoms. The van der Waals surface area contributed by atoms with Crippen molar-refractivity contribution in [2.75, 3.05) is 23.8 Å². The van der Waals surface area contributed by atoms with E-state index in [0.717, 1.165) is 49.6 Å². The first kappa shape index (κ1) is 15.4. The molecule has 21 heavy (non-hydrogen) atoms. The minimum Gasteiger partial charge on any atom is -0.472 e. The number of furan rings is 1. The fraction of sp³-hybridized carbons (Fsp3) is 0.500. The summed E-state index contributed by atoms with van der Waals surface area (Å²) in [4.78, 5) is 11.0. The summed E-state index contributed by atoms with van der Waals surface area (Å²) in [5, 5.41) is 3.41. The fourth-order valence-corrected chi connectivity index (χ4v) is 2.34. The summed E-state index contributed by atoms with van der Waals surface area (Å²) in [5.41, 5.74) is 2.33. The average Bonchev–Trinajstić information content (AvgIpc) is 2.99. The lowest BCUT2D eigenvalue weighted by atomic mass is 10.1. The molecule has 2 aromatic heterocycles. The molecule has 0 radical (unpaired) electrons. The van der Waals surface area contributed by atoms with Gasteiger partial charge < -0.3 is 14.6 Å². The van der Waals surface area contributed by atoms with Gasteiger partial charge in [-0.1, -0.05) is 20.3 Å². The Kier molecular flexibility index (Phi) is 5.60. The Morgan fingerprint density at radius 1 is 1.24 bits per heavy atom. The molecular formula is C16H24N4O. The van der Waals surface area contributed by atoms with Crippen LogP contribution in [0.1, 0.15) is 37.8 Å². The average molecular weight is 288 g/mol. The minimum absolute atomic E-state index is 0.775. The van der Waals surface area contributed by atoms with Gasteiger partial charge in [0.2, 0.25) is 0 Å². The number of anilines is 2. The lowest BCUT2D eigenvalue weighted by molar-refractivity contribution is 0.563. The van der Waals surface area contributed by atoms with Crippen LogP contribution >= 0.6 is 0 Å². The molecule has 0 aliphatic heterocycles. The van der Waals surface area contributed by atoms with E-state index in [0.29, 0.717) is 0 Å². The lowest BCUT2D eigenvalue weighted by Gasteiger charge is -2.22. The summed E-state index contributed by atoms with van der Waals surface area (Å²) in [6.45, 7) is 6.03. The summed E-state index contributed by atoms with van der Waals surface area (Å²) >= 11 is 0. The SMILES string of the molecule is CCCNc1ncnc(N(C)Cc2ccoc2)c1CCC. The van der Waals surface area contributed by atoms with Crippen molar-refractivity contribution < 1.29 is 4.42 Å². The van der Waals surface area contributed by atoms with E-state index >= 15 is 0 Å². The Morgan fingerprint density at radius 2 is 2.10 bits per heavy atom. The number of nitrogens with one attached hydrogen (secondary N) is 1. The van der Waals surface area contributed by atoms with E-state index < -0.39 is 0 Å². The highest BCUT2D eigenvalue weighted by Crippen LogP contribution is 2.25. The third-order valence-corrected chi connectivity index (χ3v) is 3.33. The van der Waals surface area contributed by atoms with Gasteiger partial charge >= 0.3 is 0 Å². The van der Waals surface area contributed by atoms with Crippen LogP contribution in [0.2, 0.25) is 0 Å². The Bertz CT molecular complexity index is 539. The van der Waals surface area contributed by atoms with Crippen LogP contribution in [-0.4, -0.2) is 23.6 Å². The molecule has 2 aromatic rings. The van der Waals surface area contributed by atoms with Gasteiger partial charge in [-0.05, 0) is 18.9 Å². The first-order valence-corrected chi connectivity index (χ1v) is 7.56. The summed E-state index contributed by atoms with van der Waals surface area (Å²) in [6, 6.07) is 1.98. The maximum atomic E-state index is 5.13. The van der Waals surface area contributed by atoms with Crippen LogP contribution in [0.25, 0.3) is 0 Å². The highest BCUT2D eigenvalue weighted by atomic mass is 16.3. The zero-order chi connectivity index (χ0) is 15.1. The topological polar surface area (TPSA) is 54.2 Å². The van der Waals surface area contributed by atoms with Crippen LogP contribution in [0.15, 0.2) is 29.3 Å². The molecule has 114 valence electrons. The van der Waals surface area contributed by atoms with Crippen molar-refractivity contribution in [2.45, 2.75) is 39.7 Å². The molecule has 2 heterocycles. The van der Waals surface area contributed by atoms with E-state index in [4.69, 9.17) is 4.42 Å². The zero-order valence-electron chi connectivity index (χ0n) is 13.1. The van der Waals surface area contributed by atoms with E-state index in [2.05, 4.69) is 41.1 Å². The number of rotatable bonds is 8. The summed E-state index contributed by atoms with van der Waals surface area (Å²) in [7, 11) is 2.05. The number of hydrogen-bond acceptors (Lipinski definition) is 5. The second-order valence-electron chi connectivity index (χ2n) is 5.19. The van der Waals surface area contributed by atoms with E-state index in [9.17, 15) is 0 Å².